The minimum atomic E-state index is -0.738. The minimum Gasteiger partial charge on any atom is -0.385 e. The third kappa shape index (κ3) is 1.64. The van der Waals surface area contributed by atoms with E-state index in [2.05, 4.69) is 4.98 Å². The van der Waals surface area contributed by atoms with Crippen LogP contribution in [0.25, 0.3) is 0 Å². The van der Waals surface area contributed by atoms with E-state index >= 15 is 0 Å². The molecule has 1 aromatic rings. The van der Waals surface area contributed by atoms with E-state index in [4.69, 9.17) is 0 Å². The Morgan fingerprint density at radius 2 is 2.25 bits per heavy atom. The summed E-state index contributed by atoms with van der Waals surface area (Å²) in [7, 11) is 0. The molecule has 12 heavy (non-hydrogen) atoms. The van der Waals surface area contributed by atoms with Crippen molar-refractivity contribution in [1.29, 1.82) is 0 Å². The van der Waals surface area contributed by atoms with Gasteiger partial charge in [-0.15, -0.1) is 0 Å². The Balaban J connectivity index is 3.10. The third-order valence-electron chi connectivity index (χ3n) is 2.31. The molecule has 1 aromatic heterocycles. The minimum absolute atomic E-state index is 0.708. The van der Waals surface area contributed by atoms with E-state index in [-0.39, 0.29) is 0 Å². The van der Waals surface area contributed by atoms with Gasteiger partial charge in [-0.2, -0.15) is 0 Å². The Morgan fingerprint density at radius 3 is 2.75 bits per heavy atom. The quantitative estimate of drug-likeness (QED) is 0.727. The largest absolute Gasteiger partial charge is 0.385 e. The normalized spacial score (nSPS) is 15.7. The topological polar surface area (TPSA) is 33.1 Å². The van der Waals surface area contributed by atoms with E-state index in [1.165, 1.54) is 0 Å². The second kappa shape index (κ2) is 3.23. The van der Waals surface area contributed by atoms with Crippen LogP contribution in [0.4, 0.5) is 0 Å². The number of hydrogen-bond donors (Lipinski definition) is 1. The Morgan fingerprint density at radius 1 is 1.58 bits per heavy atom. The van der Waals surface area contributed by atoms with Crippen molar-refractivity contribution in [2.24, 2.45) is 0 Å². The summed E-state index contributed by atoms with van der Waals surface area (Å²) in [6.45, 7) is 5.77. The molecule has 0 aliphatic carbocycles. The van der Waals surface area contributed by atoms with Crippen LogP contribution < -0.4 is 0 Å². The Kier molecular flexibility index (Phi) is 2.48. The molecular formula is C10H15NO. The highest BCUT2D eigenvalue weighted by Crippen LogP contribution is 2.25. The Hall–Kier alpha value is -0.890. The summed E-state index contributed by atoms with van der Waals surface area (Å²) in [5.74, 6) is 0. The van der Waals surface area contributed by atoms with Crippen LogP contribution in [0.3, 0.4) is 0 Å². The van der Waals surface area contributed by atoms with Crippen LogP contribution >= 0.6 is 0 Å². The maximum atomic E-state index is 9.94. The van der Waals surface area contributed by atoms with E-state index in [1.807, 2.05) is 26.8 Å². The van der Waals surface area contributed by atoms with Gasteiger partial charge in [-0.3, -0.25) is 4.98 Å². The van der Waals surface area contributed by atoms with Gasteiger partial charge >= 0.3 is 0 Å². The van der Waals surface area contributed by atoms with Gasteiger partial charge < -0.3 is 5.11 Å². The molecule has 0 aromatic carbocycles. The van der Waals surface area contributed by atoms with Gasteiger partial charge in [-0.1, -0.05) is 6.92 Å². The first kappa shape index (κ1) is 9.20. The second-order valence-corrected chi connectivity index (χ2v) is 3.32. The van der Waals surface area contributed by atoms with Gasteiger partial charge in [0.05, 0.1) is 5.60 Å². The molecule has 0 amide bonds. The summed E-state index contributed by atoms with van der Waals surface area (Å²) in [6.07, 6.45) is 4.18. The Labute approximate surface area is 73.3 Å². The lowest BCUT2D eigenvalue weighted by Crippen LogP contribution is -2.21. The van der Waals surface area contributed by atoms with Crippen LogP contribution in [-0.2, 0) is 5.60 Å². The lowest BCUT2D eigenvalue weighted by atomic mass is 9.92. The molecule has 1 rings (SSSR count). The Bertz CT molecular complexity index is 268. The highest BCUT2D eigenvalue weighted by Gasteiger charge is 2.22. The average Bonchev–Trinajstić information content (AvgIpc) is 2.05. The average molecular weight is 165 g/mol. The monoisotopic (exact) mass is 165 g/mol. The highest BCUT2D eigenvalue weighted by molar-refractivity contribution is 5.26. The summed E-state index contributed by atoms with van der Waals surface area (Å²) in [4.78, 5) is 4.00. The number of hydrogen-bond acceptors (Lipinski definition) is 2. The SMILES string of the molecule is CCC(C)(O)c1cnccc1C. The van der Waals surface area contributed by atoms with E-state index in [0.29, 0.717) is 6.42 Å². The fraction of sp³-hybridized carbons (Fsp3) is 0.500. The molecule has 0 fully saturated rings. The zero-order chi connectivity index (χ0) is 9.19. The molecule has 0 saturated carbocycles. The number of nitrogens with zero attached hydrogens (tertiary/aromatic N) is 1. The lowest BCUT2D eigenvalue weighted by Gasteiger charge is -2.23. The number of aliphatic hydroxyl groups is 1. The number of aryl methyl sites for hydroxylation is 1. The lowest BCUT2D eigenvalue weighted by molar-refractivity contribution is 0.0521. The van der Waals surface area contributed by atoms with Gasteiger partial charge in [-0.05, 0) is 31.9 Å². The standard InChI is InChI=1S/C10H15NO/c1-4-10(3,12)9-7-11-6-5-8(9)2/h5-7,12H,4H2,1-3H3. The van der Waals surface area contributed by atoms with Gasteiger partial charge in [0.2, 0.25) is 0 Å². The molecule has 1 N–H and O–H groups in total. The number of rotatable bonds is 2. The maximum absolute atomic E-state index is 9.94. The molecule has 0 aliphatic rings. The van der Waals surface area contributed by atoms with Gasteiger partial charge in [0, 0.05) is 18.0 Å². The number of pyridine rings is 1. The molecule has 0 aliphatic heterocycles. The molecular weight excluding hydrogens is 150 g/mol. The third-order valence-corrected chi connectivity index (χ3v) is 2.31. The molecule has 0 saturated heterocycles. The van der Waals surface area contributed by atoms with Crippen molar-refractivity contribution in [3.63, 3.8) is 0 Å². The smallest absolute Gasteiger partial charge is 0.0883 e. The molecule has 1 unspecified atom stereocenters. The van der Waals surface area contributed by atoms with Crippen molar-refractivity contribution in [3.05, 3.63) is 29.6 Å². The molecule has 0 radical (unpaired) electrons. The van der Waals surface area contributed by atoms with Crippen LogP contribution in [-0.4, -0.2) is 10.1 Å². The van der Waals surface area contributed by atoms with Gasteiger partial charge in [0.15, 0.2) is 0 Å². The van der Waals surface area contributed by atoms with Crippen molar-refractivity contribution >= 4 is 0 Å². The predicted octanol–water partition coefficient (Wildman–Crippen LogP) is 2.01. The van der Waals surface area contributed by atoms with Gasteiger partial charge in [-0.25, -0.2) is 0 Å². The van der Waals surface area contributed by atoms with Crippen LogP contribution in [0.15, 0.2) is 18.5 Å². The predicted molar refractivity (Wildman–Crippen MR) is 48.8 cm³/mol. The zero-order valence-corrected chi connectivity index (χ0v) is 7.83. The number of aromatic nitrogens is 1. The van der Waals surface area contributed by atoms with E-state index in [0.717, 1.165) is 11.1 Å². The molecule has 0 bridgehead atoms. The highest BCUT2D eigenvalue weighted by atomic mass is 16.3. The molecule has 2 heteroatoms. The van der Waals surface area contributed by atoms with Crippen molar-refractivity contribution in [3.8, 4) is 0 Å². The van der Waals surface area contributed by atoms with Gasteiger partial charge in [0.1, 0.15) is 0 Å². The summed E-state index contributed by atoms with van der Waals surface area (Å²) in [6, 6.07) is 1.92. The maximum Gasteiger partial charge on any atom is 0.0883 e. The molecule has 2 nitrogen and oxygen atoms in total. The first-order valence-electron chi connectivity index (χ1n) is 4.21. The summed E-state index contributed by atoms with van der Waals surface area (Å²) < 4.78 is 0. The fourth-order valence-corrected chi connectivity index (χ4v) is 1.22. The first-order valence-corrected chi connectivity index (χ1v) is 4.21. The zero-order valence-electron chi connectivity index (χ0n) is 7.83. The summed E-state index contributed by atoms with van der Waals surface area (Å²) in [5, 5.41) is 9.94. The fourth-order valence-electron chi connectivity index (χ4n) is 1.22. The molecule has 1 heterocycles. The van der Waals surface area contributed by atoms with Crippen LogP contribution in [0.2, 0.25) is 0 Å². The van der Waals surface area contributed by atoms with E-state index < -0.39 is 5.60 Å². The van der Waals surface area contributed by atoms with Crippen LogP contribution in [0, 0.1) is 6.92 Å². The van der Waals surface area contributed by atoms with Crippen molar-refractivity contribution in [1.82, 2.24) is 4.98 Å². The molecule has 66 valence electrons. The van der Waals surface area contributed by atoms with E-state index in [9.17, 15) is 5.11 Å². The molecule has 1 atom stereocenters. The second-order valence-electron chi connectivity index (χ2n) is 3.32. The van der Waals surface area contributed by atoms with E-state index in [1.54, 1.807) is 12.4 Å². The summed E-state index contributed by atoms with van der Waals surface area (Å²) >= 11 is 0. The molecule has 0 spiro atoms. The van der Waals surface area contributed by atoms with Crippen LogP contribution in [0.1, 0.15) is 31.4 Å². The summed E-state index contributed by atoms with van der Waals surface area (Å²) in [5.41, 5.74) is 1.28. The van der Waals surface area contributed by atoms with Gasteiger partial charge in [0.25, 0.3) is 0 Å². The van der Waals surface area contributed by atoms with Crippen molar-refractivity contribution in [2.75, 3.05) is 0 Å². The van der Waals surface area contributed by atoms with Crippen LogP contribution in [0.5, 0.6) is 0 Å². The van der Waals surface area contributed by atoms with Crippen molar-refractivity contribution < 1.29 is 5.11 Å². The first-order chi connectivity index (χ1) is 5.58. The van der Waals surface area contributed by atoms with Crippen molar-refractivity contribution in [2.45, 2.75) is 32.8 Å².